The molecule has 4 bridgehead atoms. The Labute approximate surface area is 145 Å². The Bertz CT molecular complexity index is 673. The molecule has 0 radical (unpaired) electrons. The van der Waals surface area contributed by atoms with Gasteiger partial charge in [0.2, 0.25) is 0 Å². The molecule has 5 atom stereocenters. The van der Waals surface area contributed by atoms with Gasteiger partial charge >= 0.3 is 0 Å². The molecule has 3 heteroatoms. The zero-order valence-corrected chi connectivity index (χ0v) is 16.0. The summed E-state index contributed by atoms with van der Waals surface area (Å²) < 4.78 is 0. The second-order valence-electron chi connectivity index (χ2n) is 10.3. The molecule has 0 aromatic carbocycles. The number of Topliss-reactive ketones (excluding diaryl/α,β-unsaturated/α-hetero) is 2. The molecule has 0 unspecified atom stereocenters. The third-order valence-electron chi connectivity index (χ3n) is 9.32. The van der Waals surface area contributed by atoms with Crippen LogP contribution in [0.5, 0.6) is 0 Å². The molecular weight excluding hydrogens is 298 g/mol. The summed E-state index contributed by atoms with van der Waals surface area (Å²) in [6.45, 7) is 13.2. The smallest absolute Gasteiger partial charge is 0.167 e. The Morgan fingerprint density at radius 2 is 1.54 bits per heavy atom. The summed E-state index contributed by atoms with van der Waals surface area (Å²) in [5, 5.41) is 3.42. The maximum absolute atomic E-state index is 13.0. The second kappa shape index (κ2) is 4.34. The van der Waals surface area contributed by atoms with Gasteiger partial charge in [0.05, 0.1) is 6.04 Å². The molecule has 0 saturated heterocycles. The van der Waals surface area contributed by atoms with Gasteiger partial charge in [0.1, 0.15) is 0 Å². The highest BCUT2D eigenvalue weighted by atomic mass is 16.1. The van der Waals surface area contributed by atoms with Crippen LogP contribution in [0.3, 0.4) is 0 Å². The van der Waals surface area contributed by atoms with Crippen molar-refractivity contribution in [2.75, 3.05) is 0 Å². The van der Waals surface area contributed by atoms with Crippen LogP contribution in [0, 0.1) is 33.5 Å². The third kappa shape index (κ3) is 1.51. The largest absolute Gasteiger partial charge is 0.381 e. The molecule has 0 aliphatic heterocycles. The first-order valence-corrected chi connectivity index (χ1v) is 9.54. The zero-order chi connectivity index (χ0) is 17.7. The molecule has 0 amide bonds. The van der Waals surface area contributed by atoms with E-state index >= 15 is 0 Å². The van der Waals surface area contributed by atoms with Crippen molar-refractivity contribution >= 4 is 11.6 Å². The van der Waals surface area contributed by atoms with Crippen LogP contribution < -0.4 is 5.32 Å². The Balaban J connectivity index is 1.62. The van der Waals surface area contributed by atoms with Crippen LogP contribution in [0.4, 0.5) is 0 Å². The summed E-state index contributed by atoms with van der Waals surface area (Å²) in [6, 6.07) is -0.117. The van der Waals surface area contributed by atoms with Crippen LogP contribution in [-0.2, 0) is 9.59 Å². The number of carbonyl (C=O) groups excluding carboxylic acids is 2. The van der Waals surface area contributed by atoms with Crippen molar-refractivity contribution in [3.05, 3.63) is 11.8 Å². The lowest BCUT2D eigenvalue weighted by Gasteiger charge is -2.32. The predicted molar refractivity (Wildman–Crippen MR) is 94.2 cm³/mol. The summed E-state index contributed by atoms with van der Waals surface area (Å²) >= 11 is 0. The van der Waals surface area contributed by atoms with Gasteiger partial charge in [-0.1, -0.05) is 41.5 Å². The Morgan fingerprint density at radius 3 is 2.04 bits per heavy atom. The molecule has 0 spiro atoms. The van der Waals surface area contributed by atoms with Crippen molar-refractivity contribution in [2.45, 2.75) is 73.3 Å². The van der Waals surface area contributed by atoms with E-state index in [1.807, 2.05) is 6.20 Å². The molecular formula is C21H31NO2. The number of hydrogen-bond acceptors (Lipinski definition) is 3. The van der Waals surface area contributed by atoms with Crippen LogP contribution in [-0.4, -0.2) is 17.6 Å². The fraction of sp³-hybridized carbons (Fsp3) is 0.810. The minimum Gasteiger partial charge on any atom is -0.381 e. The highest BCUT2D eigenvalue weighted by molar-refractivity contribution is 6.04. The normalized spacial score (nSPS) is 49.4. The molecule has 24 heavy (non-hydrogen) atoms. The first-order valence-electron chi connectivity index (χ1n) is 9.54. The van der Waals surface area contributed by atoms with Gasteiger partial charge in [-0.25, -0.2) is 0 Å². The summed E-state index contributed by atoms with van der Waals surface area (Å²) in [4.78, 5) is 25.9. The standard InChI is InChI=1S/C21H31NO2/c1-18(2)13-7-9-20(18,5)16(23)12(13)11-22-15-14-8-10-21(6,17(15)24)19(14,3)4/h11,13-15,22H,7-10H2,1-6H3/b12-11+/t13-,14-,15+,20-,21+/m0/s1. The van der Waals surface area contributed by atoms with Crippen LogP contribution >= 0.6 is 0 Å². The topological polar surface area (TPSA) is 46.2 Å². The predicted octanol–water partition coefficient (Wildman–Crippen LogP) is 3.88. The van der Waals surface area contributed by atoms with Crippen LogP contribution in [0.2, 0.25) is 0 Å². The van der Waals surface area contributed by atoms with E-state index in [1.165, 1.54) is 0 Å². The van der Waals surface area contributed by atoms with Crippen molar-refractivity contribution in [2.24, 2.45) is 33.5 Å². The van der Waals surface area contributed by atoms with Gasteiger partial charge in [-0.05, 0) is 48.3 Å². The maximum Gasteiger partial charge on any atom is 0.167 e. The first kappa shape index (κ1) is 16.4. The molecule has 4 aliphatic carbocycles. The highest BCUT2D eigenvalue weighted by Gasteiger charge is 2.67. The SMILES string of the molecule is CC1(C)[C@H]2CC[C@@]1(C)C(=O)/C2=C/N[C@H]1C(=O)[C@@]2(C)CC[C@@H]1C2(C)C. The molecule has 4 aliphatic rings. The van der Waals surface area contributed by atoms with Crippen LogP contribution in [0.1, 0.15) is 67.2 Å². The van der Waals surface area contributed by atoms with E-state index < -0.39 is 0 Å². The average molecular weight is 329 g/mol. The number of rotatable bonds is 2. The summed E-state index contributed by atoms with van der Waals surface area (Å²) in [6.07, 6.45) is 6.13. The van der Waals surface area contributed by atoms with Gasteiger partial charge < -0.3 is 5.32 Å². The van der Waals surface area contributed by atoms with Crippen LogP contribution in [0.25, 0.3) is 0 Å². The quantitative estimate of drug-likeness (QED) is 0.782. The van der Waals surface area contributed by atoms with Crippen molar-refractivity contribution in [3.8, 4) is 0 Å². The van der Waals surface area contributed by atoms with E-state index in [0.717, 1.165) is 31.3 Å². The summed E-state index contributed by atoms with van der Waals surface area (Å²) in [7, 11) is 0. The number of allylic oxidation sites excluding steroid dienone is 1. The van der Waals surface area contributed by atoms with E-state index in [0.29, 0.717) is 23.4 Å². The van der Waals surface area contributed by atoms with E-state index in [1.54, 1.807) is 0 Å². The van der Waals surface area contributed by atoms with Gasteiger partial charge in [-0.3, -0.25) is 9.59 Å². The lowest BCUT2D eigenvalue weighted by Crippen LogP contribution is -2.41. The lowest BCUT2D eigenvalue weighted by atomic mass is 9.70. The van der Waals surface area contributed by atoms with Crippen molar-refractivity contribution in [3.63, 3.8) is 0 Å². The van der Waals surface area contributed by atoms with Gasteiger partial charge in [0.25, 0.3) is 0 Å². The zero-order valence-electron chi connectivity index (χ0n) is 16.0. The van der Waals surface area contributed by atoms with Crippen molar-refractivity contribution < 1.29 is 9.59 Å². The number of nitrogens with one attached hydrogen (secondary N) is 1. The first-order chi connectivity index (χ1) is 11.0. The fourth-order valence-corrected chi connectivity index (χ4v) is 6.55. The molecule has 4 saturated carbocycles. The Hall–Kier alpha value is -1.12. The number of hydrogen-bond donors (Lipinski definition) is 1. The molecule has 4 fully saturated rings. The molecule has 132 valence electrons. The summed E-state index contributed by atoms with van der Waals surface area (Å²) in [5.74, 6) is 1.36. The molecule has 0 heterocycles. The van der Waals surface area contributed by atoms with Gasteiger partial charge in [0, 0.05) is 22.6 Å². The summed E-state index contributed by atoms with van der Waals surface area (Å²) in [5.41, 5.74) is 0.575. The highest BCUT2D eigenvalue weighted by Crippen LogP contribution is 2.66. The van der Waals surface area contributed by atoms with Crippen molar-refractivity contribution in [1.29, 1.82) is 0 Å². The fourth-order valence-electron chi connectivity index (χ4n) is 6.55. The maximum atomic E-state index is 13.0. The number of fused-ring (bicyclic) bond motifs is 4. The van der Waals surface area contributed by atoms with E-state index in [4.69, 9.17) is 0 Å². The second-order valence-corrected chi connectivity index (χ2v) is 10.3. The number of carbonyl (C=O) groups is 2. The minimum atomic E-state index is -0.227. The van der Waals surface area contributed by atoms with E-state index in [9.17, 15) is 9.59 Å². The lowest BCUT2D eigenvalue weighted by molar-refractivity contribution is -0.130. The Kier molecular flexibility index (Phi) is 2.96. The molecule has 4 rings (SSSR count). The molecule has 1 N–H and O–H groups in total. The molecule has 0 aromatic rings. The Morgan fingerprint density at radius 1 is 0.917 bits per heavy atom. The van der Waals surface area contributed by atoms with Crippen LogP contribution in [0.15, 0.2) is 11.8 Å². The van der Waals surface area contributed by atoms with Crippen molar-refractivity contribution in [1.82, 2.24) is 5.32 Å². The van der Waals surface area contributed by atoms with Gasteiger partial charge in [-0.2, -0.15) is 0 Å². The number of ketones is 2. The van der Waals surface area contributed by atoms with E-state index in [2.05, 4.69) is 46.9 Å². The molecule has 3 nitrogen and oxygen atoms in total. The monoisotopic (exact) mass is 329 g/mol. The van der Waals surface area contributed by atoms with Gasteiger partial charge in [-0.15, -0.1) is 0 Å². The minimum absolute atomic E-state index is 0.0293. The third-order valence-corrected chi connectivity index (χ3v) is 9.32. The van der Waals surface area contributed by atoms with Gasteiger partial charge in [0.15, 0.2) is 11.6 Å². The average Bonchev–Trinajstić information content (AvgIpc) is 2.97. The van der Waals surface area contributed by atoms with E-state index in [-0.39, 0.29) is 27.7 Å². The molecule has 0 aromatic heterocycles.